The van der Waals surface area contributed by atoms with Gasteiger partial charge in [0.1, 0.15) is 17.1 Å². The van der Waals surface area contributed by atoms with Crippen LogP contribution in [0.5, 0.6) is 5.75 Å². The van der Waals surface area contributed by atoms with Crippen molar-refractivity contribution in [2.45, 2.75) is 0 Å². The number of aromatic nitrogens is 2. The molecule has 0 radical (unpaired) electrons. The highest BCUT2D eigenvalue weighted by Gasteiger charge is 2.14. The minimum Gasteiger partial charge on any atom is -0.496 e. The normalized spacial score (nSPS) is 10.2. The van der Waals surface area contributed by atoms with Gasteiger partial charge in [0.05, 0.1) is 12.7 Å². The van der Waals surface area contributed by atoms with Crippen LogP contribution in [0.25, 0.3) is 11.4 Å². The summed E-state index contributed by atoms with van der Waals surface area (Å²) >= 11 is 5.86. The van der Waals surface area contributed by atoms with Crippen molar-refractivity contribution in [2.75, 3.05) is 12.8 Å². The van der Waals surface area contributed by atoms with Gasteiger partial charge in [0.2, 0.25) is 0 Å². The quantitative estimate of drug-likeness (QED) is 0.892. The number of nitrogens with two attached hydrogens (primary N) is 1. The summed E-state index contributed by atoms with van der Waals surface area (Å²) in [5.74, 6) is -0.521. The molecule has 0 atom stereocenters. The first kappa shape index (κ1) is 13.1. The number of nitrogen functional groups attached to an aromatic ring is 1. The van der Waals surface area contributed by atoms with Gasteiger partial charge in [-0.3, -0.25) is 0 Å². The van der Waals surface area contributed by atoms with Crippen LogP contribution in [0, 0.1) is 0 Å². The monoisotopic (exact) mass is 279 g/mol. The predicted molar refractivity (Wildman–Crippen MR) is 70.4 cm³/mol. The van der Waals surface area contributed by atoms with Gasteiger partial charge in [-0.15, -0.1) is 0 Å². The molecule has 0 bridgehead atoms. The van der Waals surface area contributed by atoms with Crippen LogP contribution in [0.15, 0.2) is 24.4 Å². The van der Waals surface area contributed by atoms with E-state index in [1.807, 2.05) is 0 Å². The number of anilines is 1. The third-order valence-electron chi connectivity index (χ3n) is 2.45. The second-order valence-corrected chi connectivity index (χ2v) is 4.08. The molecule has 98 valence electrons. The van der Waals surface area contributed by atoms with Crippen LogP contribution in [0.2, 0.25) is 5.02 Å². The van der Waals surface area contributed by atoms with Crippen molar-refractivity contribution in [2.24, 2.45) is 0 Å². The van der Waals surface area contributed by atoms with Crippen molar-refractivity contribution in [3.05, 3.63) is 35.0 Å². The summed E-state index contributed by atoms with van der Waals surface area (Å²) in [6.45, 7) is 0. The van der Waals surface area contributed by atoms with Crippen LogP contribution in [0.3, 0.4) is 0 Å². The Morgan fingerprint density at radius 2 is 2.21 bits per heavy atom. The molecule has 1 aromatic carbocycles. The molecule has 7 heteroatoms. The van der Waals surface area contributed by atoms with Crippen LogP contribution in [0.1, 0.15) is 10.4 Å². The first-order valence-corrected chi connectivity index (χ1v) is 5.60. The average Bonchev–Trinajstić information content (AvgIpc) is 2.37. The van der Waals surface area contributed by atoms with Gasteiger partial charge in [0.15, 0.2) is 5.82 Å². The van der Waals surface area contributed by atoms with Crippen molar-refractivity contribution >= 4 is 23.4 Å². The molecule has 0 saturated heterocycles. The van der Waals surface area contributed by atoms with E-state index in [9.17, 15) is 4.79 Å². The zero-order chi connectivity index (χ0) is 14.0. The molecule has 2 aromatic rings. The van der Waals surface area contributed by atoms with E-state index < -0.39 is 5.97 Å². The molecule has 0 amide bonds. The standard InChI is InChI=1S/C12H10ClN3O3/c1-19-9-4-6(13)2-3-7(9)11-15-5-8(12(17)18)10(14)16-11/h2-5H,1H3,(H,17,18)(H2,14,15,16). The summed E-state index contributed by atoms with van der Waals surface area (Å²) in [6, 6.07) is 4.95. The number of hydrogen-bond donors (Lipinski definition) is 2. The smallest absolute Gasteiger partial charge is 0.341 e. The van der Waals surface area contributed by atoms with Gasteiger partial charge in [-0.2, -0.15) is 0 Å². The zero-order valence-electron chi connectivity index (χ0n) is 9.92. The fraction of sp³-hybridized carbons (Fsp3) is 0.0833. The number of halogens is 1. The Bertz CT molecular complexity index is 646. The number of hydrogen-bond acceptors (Lipinski definition) is 5. The number of aromatic carboxylic acids is 1. The molecule has 2 rings (SSSR count). The van der Waals surface area contributed by atoms with Crippen molar-refractivity contribution in [3.63, 3.8) is 0 Å². The summed E-state index contributed by atoms with van der Waals surface area (Å²) in [5.41, 5.74) is 6.02. The van der Waals surface area contributed by atoms with Crippen molar-refractivity contribution in [1.29, 1.82) is 0 Å². The minimum atomic E-state index is -1.17. The molecule has 0 fully saturated rings. The molecular formula is C12H10ClN3O3. The number of carboxylic acids is 1. The molecular weight excluding hydrogens is 270 g/mol. The summed E-state index contributed by atoms with van der Waals surface area (Å²) in [4.78, 5) is 18.8. The maximum absolute atomic E-state index is 10.8. The molecule has 1 heterocycles. The maximum atomic E-state index is 10.8. The van der Waals surface area contributed by atoms with E-state index in [1.165, 1.54) is 7.11 Å². The molecule has 0 saturated carbocycles. The fourth-order valence-corrected chi connectivity index (χ4v) is 1.70. The van der Waals surface area contributed by atoms with E-state index in [2.05, 4.69) is 9.97 Å². The first-order valence-electron chi connectivity index (χ1n) is 5.22. The van der Waals surface area contributed by atoms with E-state index >= 15 is 0 Å². The summed E-state index contributed by atoms with van der Waals surface area (Å²) in [5, 5.41) is 9.37. The van der Waals surface area contributed by atoms with Gasteiger partial charge in [0.25, 0.3) is 0 Å². The fourth-order valence-electron chi connectivity index (χ4n) is 1.54. The largest absolute Gasteiger partial charge is 0.496 e. The molecule has 3 N–H and O–H groups in total. The van der Waals surface area contributed by atoms with Crippen LogP contribution < -0.4 is 10.5 Å². The first-order chi connectivity index (χ1) is 9.02. The number of nitrogens with zero attached hydrogens (tertiary/aromatic N) is 2. The van der Waals surface area contributed by atoms with Crippen LogP contribution in [-0.2, 0) is 0 Å². The number of benzene rings is 1. The third kappa shape index (κ3) is 2.58. The van der Waals surface area contributed by atoms with Gasteiger partial charge < -0.3 is 15.6 Å². The Balaban J connectivity index is 2.54. The number of carboxylic acid groups (broad SMARTS) is 1. The number of carbonyl (C=O) groups is 1. The topological polar surface area (TPSA) is 98.3 Å². The highest BCUT2D eigenvalue weighted by Crippen LogP contribution is 2.30. The maximum Gasteiger partial charge on any atom is 0.341 e. The van der Waals surface area contributed by atoms with Gasteiger partial charge in [-0.25, -0.2) is 14.8 Å². The van der Waals surface area contributed by atoms with E-state index in [1.54, 1.807) is 18.2 Å². The van der Waals surface area contributed by atoms with Gasteiger partial charge in [0, 0.05) is 11.2 Å². The molecule has 0 aliphatic carbocycles. The van der Waals surface area contributed by atoms with Crippen LogP contribution in [-0.4, -0.2) is 28.2 Å². The lowest BCUT2D eigenvalue weighted by Crippen LogP contribution is -2.07. The second-order valence-electron chi connectivity index (χ2n) is 3.64. The highest BCUT2D eigenvalue weighted by molar-refractivity contribution is 6.30. The Kier molecular flexibility index (Phi) is 3.52. The summed E-state index contributed by atoms with van der Waals surface area (Å²) < 4.78 is 5.18. The molecule has 0 unspecified atom stereocenters. The van der Waals surface area contributed by atoms with E-state index in [0.29, 0.717) is 16.3 Å². The van der Waals surface area contributed by atoms with Crippen molar-refractivity contribution < 1.29 is 14.6 Å². The zero-order valence-corrected chi connectivity index (χ0v) is 10.7. The van der Waals surface area contributed by atoms with E-state index in [-0.39, 0.29) is 17.2 Å². The molecule has 1 aromatic heterocycles. The second kappa shape index (κ2) is 5.11. The Morgan fingerprint density at radius 1 is 1.47 bits per heavy atom. The molecule has 0 aliphatic rings. The van der Waals surface area contributed by atoms with Crippen molar-refractivity contribution in [3.8, 4) is 17.1 Å². The molecule has 19 heavy (non-hydrogen) atoms. The lowest BCUT2D eigenvalue weighted by molar-refractivity contribution is 0.0697. The number of methoxy groups -OCH3 is 1. The Labute approximate surface area is 113 Å². The van der Waals surface area contributed by atoms with Gasteiger partial charge in [-0.05, 0) is 18.2 Å². The predicted octanol–water partition coefficient (Wildman–Crippen LogP) is 2.09. The van der Waals surface area contributed by atoms with Crippen molar-refractivity contribution in [1.82, 2.24) is 9.97 Å². The SMILES string of the molecule is COc1cc(Cl)ccc1-c1ncc(C(=O)O)c(N)n1. The van der Waals surface area contributed by atoms with Crippen LogP contribution in [0.4, 0.5) is 5.82 Å². The lowest BCUT2D eigenvalue weighted by Gasteiger charge is -2.08. The third-order valence-corrected chi connectivity index (χ3v) is 2.69. The van der Waals surface area contributed by atoms with Gasteiger partial charge >= 0.3 is 5.97 Å². The summed E-state index contributed by atoms with van der Waals surface area (Å²) in [7, 11) is 1.49. The number of rotatable bonds is 3. The molecule has 0 spiro atoms. The number of ether oxygens (including phenoxy) is 1. The lowest BCUT2D eigenvalue weighted by atomic mass is 10.2. The van der Waals surface area contributed by atoms with E-state index in [4.69, 9.17) is 27.2 Å². The Hall–Kier alpha value is -2.34. The van der Waals surface area contributed by atoms with E-state index in [0.717, 1.165) is 6.20 Å². The molecule has 6 nitrogen and oxygen atoms in total. The average molecular weight is 280 g/mol. The minimum absolute atomic E-state index is 0.102. The Morgan fingerprint density at radius 3 is 2.79 bits per heavy atom. The summed E-state index contributed by atoms with van der Waals surface area (Å²) in [6.07, 6.45) is 1.16. The van der Waals surface area contributed by atoms with Crippen LogP contribution >= 0.6 is 11.6 Å². The highest BCUT2D eigenvalue weighted by atomic mass is 35.5. The molecule has 0 aliphatic heterocycles. The van der Waals surface area contributed by atoms with Gasteiger partial charge in [-0.1, -0.05) is 11.6 Å².